The summed E-state index contributed by atoms with van der Waals surface area (Å²) >= 11 is 0. The molecule has 0 radical (unpaired) electrons. The number of carbonyl (C=O) groups excluding carboxylic acids is 1. The minimum absolute atomic E-state index is 0.0152. The maximum Gasteiger partial charge on any atom is 0.316 e. The number of aryl methyl sites for hydroxylation is 1. The highest BCUT2D eigenvalue weighted by Crippen LogP contribution is 2.16. The van der Waals surface area contributed by atoms with Crippen LogP contribution in [0.2, 0.25) is 0 Å². The molecular formula is C20H23N5O3. The third-order valence-corrected chi connectivity index (χ3v) is 4.17. The van der Waals surface area contributed by atoms with Gasteiger partial charge in [0.1, 0.15) is 6.54 Å². The molecule has 28 heavy (non-hydrogen) atoms. The Labute approximate surface area is 162 Å². The zero-order chi connectivity index (χ0) is 20.1. The molecular weight excluding hydrogens is 358 g/mol. The van der Waals surface area contributed by atoms with Gasteiger partial charge in [-0.25, -0.2) is 4.68 Å². The van der Waals surface area contributed by atoms with E-state index in [9.17, 15) is 9.59 Å². The molecule has 146 valence electrons. The lowest BCUT2D eigenvalue weighted by Crippen LogP contribution is -2.26. The number of aromatic nitrogens is 4. The van der Waals surface area contributed by atoms with Gasteiger partial charge in [-0.2, -0.15) is 10.1 Å². The van der Waals surface area contributed by atoms with Crippen LogP contribution in [0, 0.1) is 12.8 Å². The fourth-order valence-electron chi connectivity index (χ4n) is 2.53. The molecule has 8 nitrogen and oxygen atoms in total. The first-order chi connectivity index (χ1) is 13.4. The molecule has 3 rings (SSSR count). The first-order valence-electron chi connectivity index (χ1n) is 9.18. The van der Waals surface area contributed by atoms with Crippen LogP contribution in [0.15, 0.2) is 45.7 Å². The summed E-state index contributed by atoms with van der Waals surface area (Å²) < 4.78 is 6.26. The zero-order valence-corrected chi connectivity index (χ0v) is 16.2. The number of rotatable bonds is 7. The molecule has 3 aromatic rings. The van der Waals surface area contributed by atoms with Gasteiger partial charge < -0.3 is 9.84 Å². The maximum atomic E-state index is 12.1. The normalized spacial score (nSPS) is 11.0. The molecule has 0 unspecified atom stereocenters. The standard InChI is InChI=1S/C20H23N5O3/c1-13(2)10-11-21-19(27)20-22-17(24-28-20)12-25-18(26)9-8-16(23-25)15-6-4-14(3)5-7-15/h4-9,13H,10-12H2,1-3H3,(H,21,27). The first kappa shape index (κ1) is 19.5. The number of nitrogens with one attached hydrogen (secondary N) is 1. The predicted molar refractivity (Wildman–Crippen MR) is 104 cm³/mol. The molecule has 0 spiro atoms. The smallest absolute Gasteiger partial charge is 0.316 e. The molecule has 1 N–H and O–H groups in total. The predicted octanol–water partition coefficient (Wildman–Crippen LogP) is 2.43. The van der Waals surface area contributed by atoms with E-state index in [1.54, 1.807) is 6.07 Å². The Bertz CT molecular complexity index is 1010. The molecule has 0 bridgehead atoms. The number of carbonyl (C=O) groups is 1. The van der Waals surface area contributed by atoms with Gasteiger partial charge in [0.15, 0.2) is 5.82 Å². The number of hydrogen-bond acceptors (Lipinski definition) is 6. The van der Waals surface area contributed by atoms with Crippen LogP contribution >= 0.6 is 0 Å². The van der Waals surface area contributed by atoms with Crippen LogP contribution in [0.25, 0.3) is 11.3 Å². The molecule has 0 fully saturated rings. The Morgan fingerprint density at radius 3 is 2.64 bits per heavy atom. The van der Waals surface area contributed by atoms with Crippen LogP contribution in [-0.2, 0) is 6.54 Å². The molecule has 1 amide bonds. The fourth-order valence-corrected chi connectivity index (χ4v) is 2.53. The van der Waals surface area contributed by atoms with E-state index in [1.165, 1.54) is 10.7 Å². The van der Waals surface area contributed by atoms with E-state index in [1.807, 2.05) is 31.2 Å². The Morgan fingerprint density at radius 1 is 1.18 bits per heavy atom. The minimum atomic E-state index is -0.423. The average Bonchev–Trinajstić information content (AvgIpc) is 3.12. The van der Waals surface area contributed by atoms with Gasteiger partial charge in [0.05, 0.1) is 5.69 Å². The summed E-state index contributed by atoms with van der Waals surface area (Å²) in [6, 6.07) is 11.0. The van der Waals surface area contributed by atoms with Crippen LogP contribution < -0.4 is 10.9 Å². The molecule has 2 aromatic heterocycles. The van der Waals surface area contributed by atoms with Crippen molar-refractivity contribution in [3.8, 4) is 11.3 Å². The van der Waals surface area contributed by atoms with Gasteiger partial charge >= 0.3 is 11.8 Å². The lowest BCUT2D eigenvalue weighted by molar-refractivity contribution is 0.0908. The molecule has 0 aliphatic carbocycles. The van der Waals surface area contributed by atoms with Gasteiger partial charge in [-0.15, -0.1) is 0 Å². The average molecular weight is 381 g/mol. The summed E-state index contributed by atoms with van der Waals surface area (Å²) in [4.78, 5) is 28.2. The lowest BCUT2D eigenvalue weighted by Gasteiger charge is -2.05. The Hall–Kier alpha value is -3.29. The molecule has 1 aromatic carbocycles. The Morgan fingerprint density at radius 2 is 1.93 bits per heavy atom. The van der Waals surface area contributed by atoms with E-state index in [-0.39, 0.29) is 23.8 Å². The molecule has 0 atom stereocenters. The van der Waals surface area contributed by atoms with Crippen molar-refractivity contribution < 1.29 is 9.32 Å². The number of benzene rings is 1. The van der Waals surface area contributed by atoms with Crippen LogP contribution in [0.4, 0.5) is 0 Å². The van der Waals surface area contributed by atoms with Crippen LogP contribution in [0.1, 0.15) is 42.3 Å². The van der Waals surface area contributed by atoms with Crippen molar-refractivity contribution in [3.05, 3.63) is 64.0 Å². The molecule has 0 aliphatic heterocycles. The molecule has 0 saturated heterocycles. The van der Waals surface area contributed by atoms with Crippen molar-refractivity contribution in [1.29, 1.82) is 0 Å². The molecule has 0 aliphatic rings. The van der Waals surface area contributed by atoms with Crippen LogP contribution in [-0.4, -0.2) is 32.4 Å². The highest BCUT2D eigenvalue weighted by molar-refractivity contribution is 5.89. The van der Waals surface area contributed by atoms with Crippen molar-refractivity contribution >= 4 is 5.91 Å². The van der Waals surface area contributed by atoms with Crippen LogP contribution in [0.3, 0.4) is 0 Å². The second kappa shape index (κ2) is 8.60. The fraction of sp³-hybridized carbons (Fsp3) is 0.350. The summed E-state index contributed by atoms with van der Waals surface area (Å²) in [5.41, 5.74) is 2.42. The number of amides is 1. The van der Waals surface area contributed by atoms with E-state index < -0.39 is 5.91 Å². The zero-order valence-electron chi connectivity index (χ0n) is 16.2. The van der Waals surface area contributed by atoms with Crippen LogP contribution in [0.5, 0.6) is 0 Å². The van der Waals surface area contributed by atoms with Gasteiger partial charge in [0, 0.05) is 18.2 Å². The third-order valence-electron chi connectivity index (χ3n) is 4.17. The molecule has 0 saturated carbocycles. The van der Waals surface area contributed by atoms with Crippen molar-refractivity contribution in [2.24, 2.45) is 5.92 Å². The van der Waals surface area contributed by atoms with E-state index in [0.717, 1.165) is 17.5 Å². The van der Waals surface area contributed by atoms with Gasteiger partial charge in [-0.1, -0.05) is 48.8 Å². The molecule has 2 heterocycles. The minimum Gasteiger partial charge on any atom is -0.348 e. The summed E-state index contributed by atoms with van der Waals surface area (Å²) in [5.74, 6) is 0.150. The maximum absolute atomic E-state index is 12.1. The van der Waals surface area contributed by atoms with Crippen molar-refractivity contribution in [1.82, 2.24) is 25.2 Å². The Balaban J connectivity index is 1.73. The summed E-state index contributed by atoms with van der Waals surface area (Å²) in [6.07, 6.45) is 0.859. The third kappa shape index (κ3) is 4.91. The highest BCUT2D eigenvalue weighted by atomic mass is 16.5. The number of hydrogen-bond donors (Lipinski definition) is 1. The van der Waals surface area contributed by atoms with Gasteiger partial charge in [-0.05, 0) is 25.3 Å². The topological polar surface area (TPSA) is 103 Å². The first-order valence-corrected chi connectivity index (χ1v) is 9.18. The second-order valence-electron chi connectivity index (χ2n) is 7.03. The summed E-state index contributed by atoms with van der Waals surface area (Å²) in [7, 11) is 0. The quantitative estimate of drug-likeness (QED) is 0.674. The largest absolute Gasteiger partial charge is 0.348 e. The van der Waals surface area contributed by atoms with E-state index in [2.05, 4.69) is 34.4 Å². The molecule has 8 heteroatoms. The van der Waals surface area contributed by atoms with Gasteiger partial charge in [-0.3, -0.25) is 9.59 Å². The van der Waals surface area contributed by atoms with Crippen molar-refractivity contribution in [2.75, 3.05) is 6.54 Å². The van der Waals surface area contributed by atoms with Crippen molar-refractivity contribution in [3.63, 3.8) is 0 Å². The van der Waals surface area contributed by atoms with E-state index >= 15 is 0 Å². The number of nitrogens with zero attached hydrogens (tertiary/aromatic N) is 4. The SMILES string of the molecule is Cc1ccc(-c2ccc(=O)n(Cc3noc(C(=O)NCCC(C)C)n3)n2)cc1. The van der Waals surface area contributed by atoms with Crippen molar-refractivity contribution in [2.45, 2.75) is 33.7 Å². The van der Waals surface area contributed by atoms with Gasteiger partial charge in [0.25, 0.3) is 5.56 Å². The Kier molecular flexibility index (Phi) is 5.98. The monoisotopic (exact) mass is 381 g/mol. The van der Waals surface area contributed by atoms with E-state index in [4.69, 9.17) is 4.52 Å². The lowest BCUT2D eigenvalue weighted by atomic mass is 10.1. The summed E-state index contributed by atoms with van der Waals surface area (Å²) in [6.45, 7) is 6.71. The second-order valence-corrected chi connectivity index (χ2v) is 7.03. The highest BCUT2D eigenvalue weighted by Gasteiger charge is 2.16. The summed E-state index contributed by atoms with van der Waals surface area (Å²) in [5, 5.41) is 10.9. The van der Waals surface area contributed by atoms with Gasteiger partial charge in [0.2, 0.25) is 0 Å². The van der Waals surface area contributed by atoms with E-state index in [0.29, 0.717) is 18.2 Å².